The number of halogens is 3. The summed E-state index contributed by atoms with van der Waals surface area (Å²) in [6.07, 6.45) is -1.58. The molecule has 1 aliphatic rings. The molecule has 220 valence electrons. The van der Waals surface area contributed by atoms with Crippen LogP contribution in [0.5, 0.6) is 0 Å². The number of hydrogen-bond donors (Lipinski definition) is 1. The molecule has 1 aliphatic heterocycles. The summed E-state index contributed by atoms with van der Waals surface area (Å²) in [5.41, 5.74) is 3.04. The zero-order valence-corrected chi connectivity index (χ0v) is 24.6. The first-order valence-electron chi connectivity index (χ1n) is 14.1. The summed E-state index contributed by atoms with van der Waals surface area (Å²) in [5, 5.41) is 5.41. The maximum atomic E-state index is 14.7. The second-order valence-corrected chi connectivity index (χ2v) is 11.6. The quantitative estimate of drug-likeness (QED) is 0.253. The van der Waals surface area contributed by atoms with E-state index >= 15 is 0 Å². The van der Waals surface area contributed by atoms with Gasteiger partial charge in [-0.1, -0.05) is 51.1 Å². The third-order valence-electron chi connectivity index (χ3n) is 7.40. The Morgan fingerprint density at radius 3 is 2.43 bits per heavy atom. The fraction of sp³-hybridized carbons (Fsp3) is 0.344. The van der Waals surface area contributed by atoms with Gasteiger partial charge in [0.25, 0.3) is 17.9 Å². The Labute approximate surface area is 246 Å². The number of aromatic nitrogens is 2. The number of piperazine rings is 1. The topological polar surface area (TPSA) is 67.2 Å². The molecule has 0 radical (unpaired) electrons. The number of hydrogen-bond acceptors (Lipinski definition) is 5. The van der Waals surface area contributed by atoms with E-state index in [1.54, 1.807) is 34.5 Å². The first-order valence-corrected chi connectivity index (χ1v) is 15.0. The monoisotopic (exact) mass is 594 g/mol. The predicted octanol–water partition coefficient (Wildman–Crippen LogP) is 6.51. The van der Waals surface area contributed by atoms with Crippen molar-refractivity contribution < 1.29 is 18.0 Å². The van der Waals surface area contributed by atoms with Gasteiger partial charge in [0.1, 0.15) is 10.8 Å². The van der Waals surface area contributed by atoms with Crippen molar-refractivity contribution in [1.29, 1.82) is 0 Å². The molecule has 0 saturated carbocycles. The molecule has 1 amide bonds. The van der Waals surface area contributed by atoms with Gasteiger partial charge in [-0.3, -0.25) is 14.2 Å². The summed E-state index contributed by atoms with van der Waals surface area (Å²) >= 11 is 1.23. The van der Waals surface area contributed by atoms with Gasteiger partial charge >= 0.3 is 0 Å². The SMILES string of the molecule is CCc1ccc(F)cc1-n1c(CC(C)C)c(C(=O)N2CCNCC2)cc(-c2nc(-c3ccc(C(F)F)cc3)cs2)c1=O. The number of nitrogens with zero attached hydrogens (tertiary/aromatic N) is 3. The van der Waals surface area contributed by atoms with Gasteiger partial charge in [-0.15, -0.1) is 11.3 Å². The van der Waals surface area contributed by atoms with Crippen molar-refractivity contribution in [3.8, 4) is 27.5 Å². The van der Waals surface area contributed by atoms with E-state index in [4.69, 9.17) is 4.98 Å². The van der Waals surface area contributed by atoms with Crippen LogP contribution in [-0.2, 0) is 12.8 Å². The summed E-state index contributed by atoms with van der Waals surface area (Å²) in [6, 6.07) is 11.9. The first kappa shape index (κ1) is 29.7. The zero-order chi connectivity index (χ0) is 30.0. The lowest BCUT2D eigenvalue weighted by Crippen LogP contribution is -2.47. The smallest absolute Gasteiger partial charge is 0.265 e. The van der Waals surface area contributed by atoms with E-state index in [0.717, 1.165) is 5.56 Å². The molecule has 5 rings (SSSR count). The van der Waals surface area contributed by atoms with Gasteiger partial charge in [0.15, 0.2) is 0 Å². The van der Waals surface area contributed by atoms with Gasteiger partial charge in [0, 0.05) is 48.4 Å². The standard InChI is InChI=1S/C32H33F3N4O2S/c1-4-20-9-10-23(33)16-27(20)39-28(15-19(2)3)24(31(40)38-13-11-36-12-14-38)17-25(32(39)41)30-37-26(18-42-30)21-5-7-22(8-6-21)29(34)35/h5-10,16-19,29,36H,4,11-15H2,1-3H3. The highest BCUT2D eigenvalue weighted by Crippen LogP contribution is 2.32. The van der Waals surface area contributed by atoms with Gasteiger partial charge < -0.3 is 10.2 Å². The van der Waals surface area contributed by atoms with Crippen LogP contribution in [0, 0.1) is 11.7 Å². The van der Waals surface area contributed by atoms with Crippen LogP contribution in [0.3, 0.4) is 0 Å². The molecule has 0 bridgehead atoms. The van der Waals surface area contributed by atoms with Crippen molar-refractivity contribution in [3.63, 3.8) is 0 Å². The molecule has 0 aliphatic carbocycles. The van der Waals surface area contributed by atoms with Crippen LogP contribution >= 0.6 is 11.3 Å². The Bertz CT molecular complexity index is 1640. The van der Waals surface area contributed by atoms with Gasteiger partial charge in [-0.2, -0.15) is 0 Å². The molecular formula is C32H33F3N4O2S. The van der Waals surface area contributed by atoms with Crippen LogP contribution in [0.2, 0.25) is 0 Å². The summed E-state index contributed by atoms with van der Waals surface area (Å²) < 4.78 is 42.3. The minimum atomic E-state index is -2.57. The van der Waals surface area contributed by atoms with Crippen molar-refractivity contribution in [3.05, 3.63) is 92.5 Å². The Kier molecular flexibility index (Phi) is 8.93. The number of aryl methyl sites for hydroxylation is 1. The Balaban J connectivity index is 1.74. The normalized spacial score (nSPS) is 13.8. The number of benzene rings is 2. The van der Waals surface area contributed by atoms with E-state index in [-0.39, 0.29) is 23.0 Å². The zero-order valence-electron chi connectivity index (χ0n) is 23.8. The molecule has 2 aromatic heterocycles. The second kappa shape index (κ2) is 12.6. The third kappa shape index (κ3) is 6.05. The molecule has 2 aromatic carbocycles. The molecule has 1 N–H and O–H groups in total. The van der Waals surface area contributed by atoms with Crippen molar-refractivity contribution in [2.75, 3.05) is 26.2 Å². The second-order valence-electron chi connectivity index (χ2n) is 10.8. The lowest BCUT2D eigenvalue weighted by molar-refractivity contribution is 0.0733. The van der Waals surface area contributed by atoms with Gasteiger partial charge in [-0.05, 0) is 42.5 Å². The van der Waals surface area contributed by atoms with Gasteiger partial charge in [0.05, 0.1) is 22.5 Å². The van der Waals surface area contributed by atoms with Crippen LogP contribution in [0.25, 0.3) is 27.5 Å². The van der Waals surface area contributed by atoms with E-state index < -0.39 is 17.8 Å². The summed E-state index contributed by atoms with van der Waals surface area (Å²) in [5.74, 6) is -0.554. The Hall–Kier alpha value is -3.76. The van der Waals surface area contributed by atoms with E-state index in [0.29, 0.717) is 72.2 Å². The average molecular weight is 595 g/mol. The molecule has 42 heavy (non-hydrogen) atoms. The minimum absolute atomic E-state index is 0.0873. The fourth-order valence-electron chi connectivity index (χ4n) is 5.25. The van der Waals surface area contributed by atoms with Crippen molar-refractivity contribution in [1.82, 2.24) is 19.8 Å². The van der Waals surface area contributed by atoms with E-state index in [1.165, 1.54) is 40.2 Å². The van der Waals surface area contributed by atoms with Crippen LogP contribution in [-0.4, -0.2) is 46.5 Å². The highest BCUT2D eigenvalue weighted by molar-refractivity contribution is 7.13. The maximum absolute atomic E-state index is 14.7. The summed E-state index contributed by atoms with van der Waals surface area (Å²) in [7, 11) is 0. The number of alkyl halides is 2. The van der Waals surface area contributed by atoms with Crippen molar-refractivity contribution >= 4 is 17.2 Å². The number of nitrogens with one attached hydrogen (secondary N) is 1. The van der Waals surface area contributed by atoms with Crippen LogP contribution in [0.4, 0.5) is 13.2 Å². The Morgan fingerprint density at radius 1 is 1.07 bits per heavy atom. The van der Waals surface area contributed by atoms with Crippen LogP contribution in [0.15, 0.2) is 58.7 Å². The molecule has 0 atom stereocenters. The lowest BCUT2D eigenvalue weighted by atomic mass is 9.98. The van der Waals surface area contributed by atoms with Gasteiger partial charge in [-0.25, -0.2) is 18.2 Å². The van der Waals surface area contributed by atoms with E-state index in [2.05, 4.69) is 5.32 Å². The van der Waals surface area contributed by atoms with E-state index in [1.807, 2.05) is 20.8 Å². The molecule has 4 aromatic rings. The van der Waals surface area contributed by atoms with Crippen LogP contribution < -0.4 is 10.9 Å². The highest BCUT2D eigenvalue weighted by atomic mass is 32.1. The summed E-state index contributed by atoms with van der Waals surface area (Å²) in [4.78, 5) is 34.9. The number of carbonyl (C=O) groups excluding carboxylic acids is 1. The van der Waals surface area contributed by atoms with E-state index in [9.17, 15) is 22.8 Å². The molecule has 1 saturated heterocycles. The van der Waals surface area contributed by atoms with Crippen LogP contribution in [0.1, 0.15) is 54.4 Å². The number of pyridine rings is 1. The highest BCUT2D eigenvalue weighted by Gasteiger charge is 2.28. The lowest BCUT2D eigenvalue weighted by Gasteiger charge is -2.29. The molecule has 6 nitrogen and oxygen atoms in total. The van der Waals surface area contributed by atoms with Crippen molar-refractivity contribution in [2.24, 2.45) is 5.92 Å². The molecule has 0 spiro atoms. The van der Waals surface area contributed by atoms with Crippen molar-refractivity contribution in [2.45, 2.75) is 40.0 Å². The molecular weight excluding hydrogens is 561 g/mol. The molecule has 0 unspecified atom stereocenters. The molecule has 3 heterocycles. The third-order valence-corrected chi connectivity index (χ3v) is 8.28. The number of rotatable bonds is 8. The number of carbonyl (C=O) groups is 1. The largest absolute Gasteiger partial charge is 0.336 e. The maximum Gasteiger partial charge on any atom is 0.265 e. The minimum Gasteiger partial charge on any atom is -0.336 e. The molecule has 1 fully saturated rings. The Morgan fingerprint density at radius 2 is 1.79 bits per heavy atom. The number of amides is 1. The predicted molar refractivity (Wildman–Crippen MR) is 160 cm³/mol. The number of thiazole rings is 1. The molecule has 10 heteroatoms. The average Bonchev–Trinajstić information content (AvgIpc) is 3.47. The first-order chi connectivity index (χ1) is 20.2. The summed E-state index contributed by atoms with van der Waals surface area (Å²) in [6.45, 7) is 8.37. The van der Waals surface area contributed by atoms with Gasteiger partial charge in [0.2, 0.25) is 0 Å². The fourth-order valence-corrected chi connectivity index (χ4v) is 6.08.